The summed E-state index contributed by atoms with van der Waals surface area (Å²) in [5, 5.41) is 11.2. The van der Waals surface area contributed by atoms with Gasteiger partial charge in [-0.2, -0.15) is 0 Å². The van der Waals surface area contributed by atoms with Crippen molar-refractivity contribution in [2.24, 2.45) is 0 Å². The largest absolute Gasteiger partial charge is 0.477 e. The lowest BCUT2D eigenvalue weighted by Crippen LogP contribution is -2.39. The fourth-order valence-corrected chi connectivity index (χ4v) is 1.44. The number of carbonyl (C=O) groups is 3. The van der Waals surface area contributed by atoms with E-state index in [1.165, 1.54) is 30.3 Å². The maximum atomic E-state index is 12.1. The molecule has 1 aromatic heterocycles. The highest BCUT2D eigenvalue weighted by Crippen LogP contribution is 2.06. The summed E-state index contributed by atoms with van der Waals surface area (Å²) >= 11 is 0. The maximum absolute atomic E-state index is 12.1. The first-order valence-corrected chi connectivity index (χ1v) is 5.68. The number of hydrogen-bond acceptors (Lipinski definition) is 4. The summed E-state index contributed by atoms with van der Waals surface area (Å²) in [6, 6.07) is 2.61. The number of hydrogen-bond donors (Lipinski definition) is 2. The van der Waals surface area contributed by atoms with Crippen LogP contribution in [0.5, 0.6) is 0 Å². The summed E-state index contributed by atoms with van der Waals surface area (Å²) < 4.78 is 0. The molecule has 0 saturated carbocycles. The Morgan fingerprint density at radius 1 is 1.42 bits per heavy atom. The molecule has 19 heavy (non-hydrogen) atoms. The molecule has 0 aliphatic heterocycles. The number of nitrogens with zero attached hydrogens (tertiary/aromatic N) is 2. The first-order chi connectivity index (χ1) is 8.99. The molecule has 2 N–H and O–H groups in total. The molecule has 1 heterocycles. The second-order valence-electron chi connectivity index (χ2n) is 3.73. The van der Waals surface area contributed by atoms with E-state index in [0.29, 0.717) is 6.54 Å². The Bertz CT molecular complexity index is 502. The van der Waals surface area contributed by atoms with Gasteiger partial charge >= 0.3 is 5.97 Å². The van der Waals surface area contributed by atoms with Gasteiger partial charge in [0.2, 0.25) is 5.91 Å². The quantitative estimate of drug-likeness (QED) is 0.780. The van der Waals surface area contributed by atoms with E-state index in [4.69, 9.17) is 5.11 Å². The van der Waals surface area contributed by atoms with Crippen molar-refractivity contribution in [3.05, 3.63) is 29.6 Å². The first-order valence-electron chi connectivity index (χ1n) is 5.68. The summed E-state index contributed by atoms with van der Waals surface area (Å²) in [6.45, 7) is 2.01. The second-order valence-corrected chi connectivity index (χ2v) is 3.73. The van der Waals surface area contributed by atoms with Crippen molar-refractivity contribution in [2.75, 3.05) is 20.1 Å². The summed E-state index contributed by atoms with van der Waals surface area (Å²) in [4.78, 5) is 39.1. The molecular weight excluding hydrogens is 250 g/mol. The molecule has 0 aromatic carbocycles. The van der Waals surface area contributed by atoms with Crippen LogP contribution in [-0.2, 0) is 4.79 Å². The molecule has 0 radical (unpaired) electrons. The number of pyridine rings is 1. The molecule has 0 bridgehead atoms. The van der Waals surface area contributed by atoms with Gasteiger partial charge in [0, 0.05) is 25.4 Å². The number of nitrogens with one attached hydrogen (secondary N) is 1. The second kappa shape index (κ2) is 6.48. The van der Waals surface area contributed by atoms with E-state index in [1.54, 1.807) is 6.92 Å². The summed E-state index contributed by atoms with van der Waals surface area (Å²) in [5.74, 6) is -1.90. The lowest BCUT2D eigenvalue weighted by Gasteiger charge is -2.19. The molecule has 7 nitrogen and oxygen atoms in total. The predicted octanol–water partition coefficient (Wildman–Crippen LogP) is -0.0121. The van der Waals surface area contributed by atoms with Crippen LogP contribution in [0, 0.1) is 0 Å². The lowest BCUT2D eigenvalue weighted by atomic mass is 10.2. The van der Waals surface area contributed by atoms with Gasteiger partial charge in [0.1, 0.15) is 5.69 Å². The lowest BCUT2D eigenvalue weighted by molar-refractivity contribution is -0.121. The Morgan fingerprint density at radius 2 is 2.11 bits per heavy atom. The van der Waals surface area contributed by atoms with Crippen molar-refractivity contribution >= 4 is 17.8 Å². The van der Waals surface area contributed by atoms with Crippen molar-refractivity contribution in [3.8, 4) is 0 Å². The normalized spacial score (nSPS) is 9.79. The number of aromatic carboxylic acids is 1. The molecule has 1 aromatic rings. The van der Waals surface area contributed by atoms with Gasteiger partial charge in [-0.05, 0) is 19.1 Å². The smallest absolute Gasteiger partial charge is 0.354 e. The Kier molecular flexibility index (Phi) is 4.99. The number of carboxylic acid groups (broad SMARTS) is 1. The van der Waals surface area contributed by atoms with Gasteiger partial charge in [-0.25, -0.2) is 9.78 Å². The Labute approximate surface area is 110 Å². The number of carbonyl (C=O) groups excluding carboxylic acids is 2. The van der Waals surface area contributed by atoms with Gasteiger partial charge in [0.15, 0.2) is 0 Å². The van der Waals surface area contributed by atoms with Gasteiger partial charge in [-0.3, -0.25) is 9.59 Å². The summed E-state index contributed by atoms with van der Waals surface area (Å²) in [7, 11) is 1.48. The highest BCUT2D eigenvalue weighted by molar-refractivity contribution is 5.98. The van der Waals surface area contributed by atoms with E-state index in [-0.39, 0.29) is 23.7 Å². The van der Waals surface area contributed by atoms with Crippen LogP contribution < -0.4 is 5.32 Å². The average molecular weight is 265 g/mol. The molecule has 7 heteroatoms. The Morgan fingerprint density at radius 3 is 2.63 bits per heavy atom. The van der Waals surface area contributed by atoms with Crippen molar-refractivity contribution in [2.45, 2.75) is 6.92 Å². The van der Waals surface area contributed by atoms with E-state index < -0.39 is 11.9 Å². The van der Waals surface area contributed by atoms with Crippen LogP contribution in [0.3, 0.4) is 0 Å². The predicted molar refractivity (Wildman–Crippen MR) is 66.8 cm³/mol. The van der Waals surface area contributed by atoms with E-state index >= 15 is 0 Å². The number of likely N-dealkylation sites (N-methyl/N-ethyl adjacent to an activating group) is 2. The van der Waals surface area contributed by atoms with Crippen LogP contribution in [0.1, 0.15) is 27.8 Å². The highest BCUT2D eigenvalue weighted by atomic mass is 16.4. The molecule has 0 aliphatic rings. The number of aromatic nitrogens is 1. The van der Waals surface area contributed by atoms with Crippen LogP contribution in [0.2, 0.25) is 0 Å². The van der Waals surface area contributed by atoms with E-state index in [2.05, 4.69) is 10.3 Å². The molecule has 0 saturated heterocycles. The van der Waals surface area contributed by atoms with Crippen molar-refractivity contribution in [1.29, 1.82) is 0 Å². The third kappa shape index (κ3) is 3.77. The summed E-state index contributed by atoms with van der Waals surface area (Å²) in [6.07, 6.45) is 1.25. The van der Waals surface area contributed by atoms with Crippen LogP contribution >= 0.6 is 0 Å². The third-order valence-corrected chi connectivity index (χ3v) is 2.51. The maximum Gasteiger partial charge on any atom is 0.354 e. The van der Waals surface area contributed by atoms with E-state index in [1.807, 2.05) is 0 Å². The topological polar surface area (TPSA) is 99.6 Å². The van der Waals surface area contributed by atoms with Crippen molar-refractivity contribution in [1.82, 2.24) is 15.2 Å². The molecular formula is C12H15N3O4. The van der Waals surface area contributed by atoms with Gasteiger partial charge in [-0.1, -0.05) is 0 Å². The van der Waals surface area contributed by atoms with Crippen LogP contribution in [0.25, 0.3) is 0 Å². The average Bonchev–Trinajstić information content (AvgIpc) is 2.43. The van der Waals surface area contributed by atoms with Crippen LogP contribution in [0.4, 0.5) is 0 Å². The molecule has 2 amide bonds. The number of carboxylic acids is 1. The van der Waals surface area contributed by atoms with Gasteiger partial charge in [0.25, 0.3) is 5.91 Å². The number of rotatable bonds is 5. The minimum absolute atomic E-state index is 0.0729. The fraction of sp³-hybridized carbons (Fsp3) is 0.333. The van der Waals surface area contributed by atoms with Crippen molar-refractivity contribution < 1.29 is 19.5 Å². The van der Waals surface area contributed by atoms with Crippen molar-refractivity contribution in [3.63, 3.8) is 0 Å². The third-order valence-electron chi connectivity index (χ3n) is 2.51. The highest BCUT2D eigenvalue weighted by Gasteiger charge is 2.18. The van der Waals surface area contributed by atoms with E-state index in [0.717, 1.165) is 0 Å². The van der Waals surface area contributed by atoms with Crippen LogP contribution in [-0.4, -0.2) is 52.9 Å². The molecule has 0 fully saturated rings. The molecule has 0 unspecified atom stereocenters. The van der Waals surface area contributed by atoms with Gasteiger partial charge < -0.3 is 15.3 Å². The minimum Gasteiger partial charge on any atom is -0.477 e. The van der Waals surface area contributed by atoms with Gasteiger partial charge in [0.05, 0.1) is 6.54 Å². The summed E-state index contributed by atoms with van der Waals surface area (Å²) in [5.41, 5.74) is -0.0139. The molecule has 0 spiro atoms. The Balaban J connectivity index is 2.94. The SMILES string of the molecule is CCN(CC(=O)NC)C(=O)c1ccnc(C(=O)O)c1. The molecule has 1 rings (SSSR count). The minimum atomic E-state index is -1.20. The molecule has 0 aliphatic carbocycles. The Hall–Kier alpha value is -2.44. The first kappa shape index (κ1) is 14.6. The fourth-order valence-electron chi connectivity index (χ4n) is 1.44. The van der Waals surface area contributed by atoms with E-state index in [9.17, 15) is 14.4 Å². The zero-order valence-corrected chi connectivity index (χ0v) is 10.7. The monoisotopic (exact) mass is 265 g/mol. The zero-order valence-electron chi connectivity index (χ0n) is 10.7. The van der Waals surface area contributed by atoms with Crippen LogP contribution in [0.15, 0.2) is 18.3 Å². The molecule has 0 atom stereocenters. The van der Waals surface area contributed by atoms with Gasteiger partial charge in [-0.15, -0.1) is 0 Å². The number of amides is 2. The molecule has 102 valence electrons. The standard InChI is InChI=1S/C12H15N3O4/c1-3-15(7-10(16)13-2)11(17)8-4-5-14-9(6-8)12(18)19/h4-6H,3,7H2,1-2H3,(H,13,16)(H,18,19). The zero-order chi connectivity index (χ0) is 14.4.